The second-order valence-electron chi connectivity index (χ2n) is 4.25. The molecule has 96 valence electrons. The fourth-order valence-corrected chi connectivity index (χ4v) is 1.98. The molecule has 1 amide bonds. The van der Waals surface area contributed by atoms with Gasteiger partial charge in [0.2, 0.25) is 5.91 Å². The first-order valence-electron chi connectivity index (χ1n) is 5.82. The van der Waals surface area contributed by atoms with E-state index in [0.717, 1.165) is 6.42 Å². The van der Waals surface area contributed by atoms with Gasteiger partial charge in [-0.1, -0.05) is 19.8 Å². The minimum absolute atomic E-state index is 0. The smallest absolute Gasteiger partial charge is 0.246 e. The van der Waals surface area contributed by atoms with Crippen molar-refractivity contribution in [2.75, 3.05) is 19.7 Å². The third-order valence-electron chi connectivity index (χ3n) is 2.93. The number of rotatable bonds is 5. The second-order valence-corrected chi connectivity index (χ2v) is 4.25. The number of carbonyl (C=O) groups excluding carboxylic acids is 1. The van der Waals surface area contributed by atoms with Crippen LogP contribution in [0.3, 0.4) is 0 Å². The molecule has 5 heteroatoms. The van der Waals surface area contributed by atoms with Crippen molar-refractivity contribution in [1.29, 1.82) is 0 Å². The molecular formula is C11H23ClN2O2. The van der Waals surface area contributed by atoms with E-state index in [2.05, 4.69) is 12.2 Å². The Morgan fingerprint density at radius 3 is 2.75 bits per heavy atom. The van der Waals surface area contributed by atoms with Crippen molar-refractivity contribution in [2.24, 2.45) is 11.7 Å². The molecule has 2 unspecified atom stereocenters. The summed E-state index contributed by atoms with van der Waals surface area (Å²) in [5.74, 6) is 0.527. The van der Waals surface area contributed by atoms with Gasteiger partial charge < -0.3 is 15.8 Å². The van der Waals surface area contributed by atoms with Crippen molar-refractivity contribution in [3.8, 4) is 0 Å². The quantitative estimate of drug-likeness (QED) is 0.768. The van der Waals surface area contributed by atoms with Crippen LogP contribution in [0, 0.1) is 5.92 Å². The zero-order valence-electron chi connectivity index (χ0n) is 9.91. The van der Waals surface area contributed by atoms with Gasteiger partial charge in [0.25, 0.3) is 0 Å². The summed E-state index contributed by atoms with van der Waals surface area (Å²) in [5.41, 5.74) is 5.28. The summed E-state index contributed by atoms with van der Waals surface area (Å²) in [4.78, 5) is 11.3. The molecule has 1 aliphatic carbocycles. The van der Waals surface area contributed by atoms with Gasteiger partial charge >= 0.3 is 0 Å². The van der Waals surface area contributed by atoms with Crippen LogP contribution in [0.15, 0.2) is 0 Å². The average molecular weight is 251 g/mol. The van der Waals surface area contributed by atoms with E-state index < -0.39 is 0 Å². The van der Waals surface area contributed by atoms with Crippen LogP contribution >= 0.6 is 12.4 Å². The molecule has 0 spiro atoms. The molecule has 0 aliphatic heterocycles. The van der Waals surface area contributed by atoms with Crippen LogP contribution in [-0.2, 0) is 9.53 Å². The number of carbonyl (C=O) groups is 1. The monoisotopic (exact) mass is 250 g/mol. The predicted octanol–water partition coefficient (Wildman–Crippen LogP) is 1.08. The molecule has 0 radical (unpaired) electrons. The van der Waals surface area contributed by atoms with Crippen LogP contribution in [0.2, 0.25) is 0 Å². The average Bonchev–Trinajstić information content (AvgIpc) is 2.25. The molecule has 0 saturated heterocycles. The van der Waals surface area contributed by atoms with E-state index in [0.29, 0.717) is 19.0 Å². The Balaban J connectivity index is 0.00000225. The summed E-state index contributed by atoms with van der Waals surface area (Å²) < 4.78 is 5.60. The van der Waals surface area contributed by atoms with Gasteiger partial charge in [0, 0.05) is 13.1 Å². The van der Waals surface area contributed by atoms with Crippen LogP contribution in [0.5, 0.6) is 0 Å². The molecular weight excluding hydrogens is 228 g/mol. The summed E-state index contributed by atoms with van der Waals surface area (Å²) in [6, 6.07) is 0. The van der Waals surface area contributed by atoms with Crippen molar-refractivity contribution in [1.82, 2.24) is 5.32 Å². The lowest BCUT2D eigenvalue weighted by Crippen LogP contribution is -2.35. The topological polar surface area (TPSA) is 64.3 Å². The van der Waals surface area contributed by atoms with Crippen LogP contribution in [0.4, 0.5) is 0 Å². The highest BCUT2D eigenvalue weighted by atomic mass is 35.5. The number of hydrogen-bond acceptors (Lipinski definition) is 3. The Hall–Kier alpha value is -0.320. The summed E-state index contributed by atoms with van der Waals surface area (Å²) >= 11 is 0. The first kappa shape index (κ1) is 15.7. The minimum atomic E-state index is -0.0572. The third kappa shape index (κ3) is 5.68. The molecule has 1 fully saturated rings. The largest absolute Gasteiger partial charge is 0.368 e. The van der Waals surface area contributed by atoms with Crippen LogP contribution < -0.4 is 11.1 Å². The van der Waals surface area contributed by atoms with E-state index in [9.17, 15) is 4.79 Å². The number of nitrogens with one attached hydrogen (secondary N) is 1. The number of amides is 1. The van der Waals surface area contributed by atoms with E-state index in [1.807, 2.05) is 0 Å². The summed E-state index contributed by atoms with van der Waals surface area (Å²) in [5, 5.41) is 2.70. The molecule has 4 nitrogen and oxygen atoms in total. The Bertz CT molecular complexity index is 202. The molecule has 0 bridgehead atoms. The first-order chi connectivity index (χ1) is 7.24. The number of halogens is 1. The lowest BCUT2D eigenvalue weighted by atomic mass is 9.88. The highest BCUT2D eigenvalue weighted by Gasteiger charge is 2.22. The highest BCUT2D eigenvalue weighted by molar-refractivity contribution is 5.85. The van der Waals surface area contributed by atoms with Crippen molar-refractivity contribution in [3.63, 3.8) is 0 Å². The second kappa shape index (κ2) is 8.79. The van der Waals surface area contributed by atoms with Crippen LogP contribution in [0.1, 0.15) is 32.6 Å². The van der Waals surface area contributed by atoms with Gasteiger partial charge in [-0.2, -0.15) is 0 Å². The molecule has 16 heavy (non-hydrogen) atoms. The van der Waals surface area contributed by atoms with E-state index in [-0.39, 0.29) is 31.0 Å². The minimum Gasteiger partial charge on any atom is -0.368 e. The van der Waals surface area contributed by atoms with Crippen LogP contribution in [0.25, 0.3) is 0 Å². The van der Waals surface area contributed by atoms with Crippen molar-refractivity contribution in [2.45, 2.75) is 38.7 Å². The standard InChI is InChI=1S/C11H22N2O2.ClH/c1-9-4-2-3-5-10(9)15-8-11(14)13-7-6-12;/h9-10H,2-8,12H2,1H3,(H,13,14);1H. The number of hydrogen-bond donors (Lipinski definition) is 2. The van der Waals surface area contributed by atoms with E-state index in [1.165, 1.54) is 19.3 Å². The Kier molecular flexibility index (Phi) is 8.61. The molecule has 1 aliphatic rings. The van der Waals surface area contributed by atoms with Gasteiger partial charge in [0.05, 0.1) is 6.10 Å². The maximum absolute atomic E-state index is 11.3. The van der Waals surface area contributed by atoms with Gasteiger partial charge in [0.1, 0.15) is 6.61 Å². The number of nitrogens with two attached hydrogens (primary N) is 1. The third-order valence-corrected chi connectivity index (χ3v) is 2.93. The summed E-state index contributed by atoms with van der Waals surface area (Å²) in [6.45, 7) is 3.38. The first-order valence-corrected chi connectivity index (χ1v) is 5.82. The molecule has 0 aromatic rings. The normalized spacial score (nSPS) is 24.6. The molecule has 3 N–H and O–H groups in total. The lowest BCUT2D eigenvalue weighted by Gasteiger charge is -2.28. The Morgan fingerprint density at radius 2 is 2.12 bits per heavy atom. The van der Waals surface area contributed by atoms with Crippen LogP contribution in [-0.4, -0.2) is 31.7 Å². The summed E-state index contributed by atoms with van der Waals surface area (Å²) in [7, 11) is 0. The fourth-order valence-electron chi connectivity index (χ4n) is 1.98. The number of ether oxygens (including phenoxy) is 1. The maximum Gasteiger partial charge on any atom is 0.246 e. The zero-order chi connectivity index (χ0) is 11.1. The van der Waals surface area contributed by atoms with Crippen molar-refractivity contribution in [3.05, 3.63) is 0 Å². The molecule has 1 saturated carbocycles. The van der Waals surface area contributed by atoms with Gasteiger partial charge in [-0.25, -0.2) is 0 Å². The fraction of sp³-hybridized carbons (Fsp3) is 0.909. The Morgan fingerprint density at radius 1 is 1.44 bits per heavy atom. The molecule has 0 aromatic heterocycles. The van der Waals surface area contributed by atoms with Gasteiger partial charge in [0.15, 0.2) is 0 Å². The predicted molar refractivity (Wildman–Crippen MR) is 66.7 cm³/mol. The molecule has 2 atom stereocenters. The highest BCUT2D eigenvalue weighted by Crippen LogP contribution is 2.25. The summed E-state index contributed by atoms with van der Waals surface area (Å²) in [6.07, 6.45) is 5.09. The van der Waals surface area contributed by atoms with E-state index >= 15 is 0 Å². The SMILES string of the molecule is CC1CCCCC1OCC(=O)NCCN.Cl. The molecule has 1 rings (SSSR count). The van der Waals surface area contributed by atoms with Gasteiger partial charge in [-0.15, -0.1) is 12.4 Å². The molecule has 0 aromatic carbocycles. The van der Waals surface area contributed by atoms with Crippen molar-refractivity contribution < 1.29 is 9.53 Å². The Labute approximate surface area is 104 Å². The van der Waals surface area contributed by atoms with Crippen molar-refractivity contribution >= 4 is 18.3 Å². The zero-order valence-corrected chi connectivity index (χ0v) is 10.7. The lowest BCUT2D eigenvalue weighted by molar-refractivity contribution is -0.129. The molecule has 0 heterocycles. The van der Waals surface area contributed by atoms with Gasteiger partial charge in [-0.3, -0.25) is 4.79 Å². The van der Waals surface area contributed by atoms with E-state index in [1.54, 1.807) is 0 Å². The van der Waals surface area contributed by atoms with E-state index in [4.69, 9.17) is 10.5 Å². The maximum atomic E-state index is 11.3. The van der Waals surface area contributed by atoms with Gasteiger partial charge in [-0.05, 0) is 18.8 Å².